The van der Waals surface area contributed by atoms with Gasteiger partial charge in [0, 0.05) is 10.5 Å². The first kappa shape index (κ1) is 13.5. The fourth-order valence-electron chi connectivity index (χ4n) is 2.32. The number of carbonyl (C=O) groups is 1. The number of hydrogen-bond donors (Lipinski definition) is 2. The number of aromatic nitrogens is 1. The lowest BCUT2D eigenvalue weighted by molar-refractivity contribution is -0.121. The molecular weight excluding hydrogens is 294 g/mol. The second-order valence-corrected chi connectivity index (χ2v) is 5.66. The summed E-state index contributed by atoms with van der Waals surface area (Å²) in [4.78, 5) is 16.4. The monoisotopic (exact) mass is 311 g/mol. The fraction of sp³-hybridized carbons (Fsp3) is 0.538. The molecule has 0 saturated heterocycles. The Morgan fingerprint density at radius 2 is 2.17 bits per heavy atom. The van der Waals surface area contributed by atoms with Crippen molar-refractivity contribution in [3.05, 3.63) is 22.3 Å². The second kappa shape index (κ2) is 5.80. The van der Waals surface area contributed by atoms with E-state index in [9.17, 15) is 4.79 Å². The van der Waals surface area contributed by atoms with Gasteiger partial charge in [-0.25, -0.2) is 4.98 Å². The summed E-state index contributed by atoms with van der Waals surface area (Å²) in [6.45, 7) is 1.89. The predicted octanol–water partition coefficient (Wildman–Crippen LogP) is 2.61. The Morgan fingerprint density at radius 3 is 2.83 bits per heavy atom. The third-order valence-corrected chi connectivity index (χ3v) is 4.27. The number of nitrogens with two attached hydrogens (primary N) is 1. The number of halogens is 1. The van der Waals surface area contributed by atoms with E-state index in [1.807, 2.05) is 13.0 Å². The Hall–Kier alpha value is -0.940. The lowest BCUT2D eigenvalue weighted by Gasteiger charge is -2.27. The molecule has 1 amide bonds. The Balaban J connectivity index is 2.04. The maximum atomic E-state index is 12.1. The Bertz CT molecular complexity index is 450. The summed E-state index contributed by atoms with van der Waals surface area (Å²) in [6.07, 6.45) is 4.02. The highest BCUT2D eigenvalue weighted by molar-refractivity contribution is 9.10. The zero-order valence-corrected chi connectivity index (χ0v) is 12.0. The molecule has 0 bridgehead atoms. The van der Waals surface area contributed by atoms with E-state index >= 15 is 0 Å². The summed E-state index contributed by atoms with van der Waals surface area (Å²) >= 11 is 3.39. The van der Waals surface area contributed by atoms with E-state index in [4.69, 9.17) is 5.73 Å². The first-order chi connectivity index (χ1) is 8.58. The van der Waals surface area contributed by atoms with Gasteiger partial charge in [-0.1, -0.05) is 12.8 Å². The maximum Gasteiger partial charge on any atom is 0.230 e. The molecule has 0 aromatic carbocycles. The van der Waals surface area contributed by atoms with E-state index in [1.165, 1.54) is 0 Å². The highest BCUT2D eigenvalue weighted by Gasteiger charge is 2.28. The van der Waals surface area contributed by atoms with Crippen molar-refractivity contribution in [2.75, 3.05) is 5.32 Å². The number of amides is 1. The van der Waals surface area contributed by atoms with E-state index in [-0.39, 0.29) is 17.9 Å². The van der Waals surface area contributed by atoms with Gasteiger partial charge in [0.15, 0.2) is 0 Å². The summed E-state index contributed by atoms with van der Waals surface area (Å²) in [5, 5.41) is 2.86. The van der Waals surface area contributed by atoms with Gasteiger partial charge >= 0.3 is 0 Å². The molecule has 1 fully saturated rings. The highest BCUT2D eigenvalue weighted by Crippen LogP contribution is 2.24. The molecule has 2 unspecified atom stereocenters. The summed E-state index contributed by atoms with van der Waals surface area (Å²) < 4.78 is 0.940. The molecule has 0 spiro atoms. The van der Waals surface area contributed by atoms with Crippen LogP contribution in [0.5, 0.6) is 0 Å². The Labute approximate surface area is 115 Å². The van der Waals surface area contributed by atoms with Gasteiger partial charge < -0.3 is 11.1 Å². The number of carbonyl (C=O) groups excluding carboxylic acids is 1. The first-order valence-electron chi connectivity index (χ1n) is 6.27. The number of pyridine rings is 1. The van der Waals surface area contributed by atoms with Crippen LogP contribution in [-0.2, 0) is 4.79 Å². The SMILES string of the molecule is Cc1nc(NC(=O)C2CCCCC2N)ccc1Br. The van der Waals surface area contributed by atoms with E-state index in [0.717, 1.165) is 35.8 Å². The van der Waals surface area contributed by atoms with Gasteiger partial charge in [0.05, 0.1) is 11.6 Å². The van der Waals surface area contributed by atoms with Gasteiger partial charge in [-0.3, -0.25) is 4.79 Å². The largest absolute Gasteiger partial charge is 0.327 e. The van der Waals surface area contributed by atoms with Crippen LogP contribution in [0.25, 0.3) is 0 Å². The number of aryl methyl sites for hydroxylation is 1. The van der Waals surface area contributed by atoms with Crippen LogP contribution in [0.4, 0.5) is 5.82 Å². The number of rotatable bonds is 2. The van der Waals surface area contributed by atoms with Crippen LogP contribution in [-0.4, -0.2) is 16.9 Å². The molecule has 1 aromatic rings. The molecule has 98 valence electrons. The predicted molar refractivity (Wildman–Crippen MR) is 75.2 cm³/mol. The lowest BCUT2D eigenvalue weighted by Crippen LogP contribution is -2.40. The third kappa shape index (κ3) is 3.09. The van der Waals surface area contributed by atoms with E-state index in [0.29, 0.717) is 5.82 Å². The van der Waals surface area contributed by atoms with Crippen molar-refractivity contribution < 1.29 is 4.79 Å². The van der Waals surface area contributed by atoms with Crippen LogP contribution >= 0.6 is 15.9 Å². The first-order valence-corrected chi connectivity index (χ1v) is 7.07. The molecule has 2 atom stereocenters. The summed E-state index contributed by atoms with van der Waals surface area (Å²) in [5.74, 6) is 0.513. The Kier molecular flexibility index (Phi) is 4.35. The molecule has 5 heteroatoms. The van der Waals surface area contributed by atoms with Gasteiger partial charge in [-0.05, 0) is 47.8 Å². The molecule has 1 heterocycles. The minimum atomic E-state index is -0.0792. The minimum absolute atomic E-state index is 0.00331. The molecule has 2 rings (SSSR count). The van der Waals surface area contributed by atoms with Crippen molar-refractivity contribution >= 4 is 27.7 Å². The molecule has 0 aliphatic heterocycles. The van der Waals surface area contributed by atoms with Gasteiger partial charge in [0.1, 0.15) is 5.82 Å². The van der Waals surface area contributed by atoms with Crippen LogP contribution in [0.15, 0.2) is 16.6 Å². The Morgan fingerprint density at radius 1 is 1.44 bits per heavy atom. The second-order valence-electron chi connectivity index (χ2n) is 4.81. The van der Waals surface area contributed by atoms with Crippen LogP contribution in [0.3, 0.4) is 0 Å². The maximum absolute atomic E-state index is 12.1. The van der Waals surface area contributed by atoms with Crippen molar-refractivity contribution in [2.45, 2.75) is 38.6 Å². The van der Waals surface area contributed by atoms with Crippen molar-refractivity contribution in [2.24, 2.45) is 11.7 Å². The topological polar surface area (TPSA) is 68.0 Å². The van der Waals surface area contributed by atoms with Crippen molar-refractivity contribution in [1.29, 1.82) is 0 Å². The summed E-state index contributed by atoms with van der Waals surface area (Å²) in [5.41, 5.74) is 6.86. The molecule has 1 aliphatic carbocycles. The quantitative estimate of drug-likeness (QED) is 0.882. The molecule has 1 aromatic heterocycles. The van der Waals surface area contributed by atoms with Gasteiger partial charge in [-0.2, -0.15) is 0 Å². The zero-order chi connectivity index (χ0) is 13.1. The summed E-state index contributed by atoms with van der Waals surface area (Å²) in [7, 11) is 0. The molecule has 0 radical (unpaired) electrons. The third-order valence-electron chi connectivity index (χ3n) is 3.43. The molecule has 1 aliphatic rings. The van der Waals surface area contributed by atoms with Crippen molar-refractivity contribution in [3.8, 4) is 0 Å². The average molecular weight is 312 g/mol. The lowest BCUT2D eigenvalue weighted by atomic mass is 9.84. The zero-order valence-electron chi connectivity index (χ0n) is 10.4. The van der Waals surface area contributed by atoms with Crippen molar-refractivity contribution in [1.82, 2.24) is 4.98 Å². The molecule has 18 heavy (non-hydrogen) atoms. The van der Waals surface area contributed by atoms with Gasteiger partial charge in [-0.15, -0.1) is 0 Å². The van der Waals surface area contributed by atoms with E-state index in [1.54, 1.807) is 6.07 Å². The number of nitrogens with zero attached hydrogens (tertiary/aromatic N) is 1. The van der Waals surface area contributed by atoms with Crippen LogP contribution in [0, 0.1) is 12.8 Å². The standard InChI is InChI=1S/C13H18BrN3O/c1-8-10(14)6-7-12(16-8)17-13(18)9-4-2-3-5-11(9)15/h6-7,9,11H,2-5,15H2,1H3,(H,16,17,18). The molecule has 4 nitrogen and oxygen atoms in total. The van der Waals surface area contributed by atoms with E-state index in [2.05, 4.69) is 26.2 Å². The van der Waals surface area contributed by atoms with Gasteiger partial charge in [0.25, 0.3) is 0 Å². The number of anilines is 1. The summed E-state index contributed by atoms with van der Waals surface area (Å²) in [6, 6.07) is 3.66. The smallest absolute Gasteiger partial charge is 0.230 e. The normalized spacial score (nSPS) is 23.7. The number of hydrogen-bond acceptors (Lipinski definition) is 3. The average Bonchev–Trinajstić information content (AvgIpc) is 2.34. The van der Waals surface area contributed by atoms with E-state index < -0.39 is 0 Å². The molecule has 1 saturated carbocycles. The van der Waals surface area contributed by atoms with Crippen LogP contribution in [0.2, 0.25) is 0 Å². The van der Waals surface area contributed by atoms with Crippen LogP contribution < -0.4 is 11.1 Å². The fourth-order valence-corrected chi connectivity index (χ4v) is 2.54. The van der Waals surface area contributed by atoms with Crippen LogP contribution in [0.1, 0.15) is 31.4 Å². The number of nitrogens with one attached hydrogen (secondary N) is 1. The van der Waals surface area contributed by atoms with Gasteiger partial charge in [0.2, 0.25) is 5.91 Å². The highest BCUT2D eigenvalue weighted by atomic mass is 79.9. The molecular formula is C13H18BrN3O. The minimum Gasteiger partial charge on any atom is -0.327 e. The van der Waals surface area contributed by atoms with Crippen molar-refractivity contribution in [3.63, 3.8) is 0 Å². The molecule has 3 N–H and O–H groups in total.